The Morgan fingerprint density at radius 3 is 2.37 bits per heavy atom. The molecular formula is C20H18BrNO4S. The average Bonchev–Trinajstić information content (AvgIpc) is 3.07. The zero-order chi connectivity index (χ0) is 19.4. The highest BCUT2D eigenvalue weighted by atomic mass is 79.9. The highest BCUT2D eigenvalue weighted by molar-refractivity contribution is 9.10. The van der Waals surface area contributed by atoms with Gasteiger partial charge >= 0.3 is 11.9 Å². The van der Waals surface area contributed by atoms with Gasteiger partial charge in [-0.2, -0.15) is 0 Å². The third-order valence-electron chi connectivity index (χ3n) is 3.90. The van der Waals surface area contributed by atoms with Crippen molar-refractivity contribution in [1.29, 1.82) is 0 Å². The first-order valence-corrected chi connectivity index (χ1v) is 10.1. The topological polar surface area (TPSA) is 65.5 Å². The fraction of sp³-hybridized carbons (Fsp3) is 0.250. The molecule has 140 valence electrons. The van der Waals surface area contributed by atoms with E-state index in [1.807, 2.05) is 30.3 Å². The van der Waals surface area contributed by atoms with E-state index in [4.69, 9.17) is 9.47 Å². The summed E-state index contributed by atoms with van der Waals surface area (Å²) in [5.74, 6) is -2.40. The van der Waals surface area contributed by atoms with E-state index in [0.717, 1.165) is 19.7 Å². The Morgan fingerprint density at radius 1 is 1.07 bits per heavy atom. The molecule has 7 heteroatoms. The molecule has 0 N–H and O–H groups in total. The minimum absolute atomic E-state index is 0.182. The Morgan fingerprint density at radius 2 is 1.74 bits per heavy atom. The molecule has 1 heterocycles. The Balaban J connectivity index is 2.15. The fourth-order valence-electron chi connectivity index (χ4n) is 2.75. The third kappa shape index (κ3) is 4.20. The molecule has 27 heavy (non-hydrogen) atoms. The summed E-state index contributed by atoms with van der Waals surface area (Å²) in [6, 6.07) is 13.2. The normalized spacial score (nSPS) is 11.0. The summed E-state index contributed by atoms with van der Waals surface area (Å²) in [6.07, 6.45) is 0. The number of benzene rings is 2. The quantitative estimate of drug-likeness (QED) is 0.395. The van der Waals surface area contributed by atoms with Gasteiger partial charge in [-0.05, 0) is 43.7 Å². The van der Waals surface area contributed by atoms with Gasteiger partial charge in [-0.25, -0.2) is 4.98 Å². The standard InChI is InChI=1S/C20H18BrNO4S/c1-3-25-19(23)17(20(24)26-4-2)13-10-9-12(21)11-14(13)18-22-15-7-5-6-8-16(15)27-18/h5-11,17H,3-4H2,1-2H3. The number of carbonyl (C=O) groups is 2. The maximum atomic E-state index is 12.5. The first-order chi connectivity index (χ1) is 13.0. The smallest absolute Gasteiger partial charge is 0.324 e. The van der Waals surface area contributed by atoms with Crippen LogP contribution in [0.1, 0.15) is 25.3 Å². The van der Waals surface area contributed by atoms with Crippen LogP contribution in [0.4, 0.5) is 0 Å². The SMILES string of the molecule is CCOC(=O)C(C(=O)OCC)c1ccc(Br)cc1-c1nc2ccccc2s1. The van der Waals surface area contributed by atoms with Crippen LogP contribution in [0.2, 0.25) is 0 Å². The predicted molar refractivity (Wildman–Crippen MR) is 109 cm³/mol. The first-order valence-electron chi connectivity index (χ1n) is 8.53. The van der Waals surface area contributed by atoms with Crippen molar-refractivity contribution < 1.29 is 19.1 Å². The predicted octanol–water partition coefficient (Wildman–Crippen LogP) is 4.94. The average molecular weight is 448 g/mol. The van der Waals surface area contributed by atoms with Gasteiger partial charge in [0.05, 0.1) is 23.4 Å². The van der Waals surface area contributed by atoms with Gasteiger partial charge < -0.3 is 9.47 Å². The molecule has 3 rings (SSSR count). The number of halogens is 1. The van der Waals surface area contributed by atoms with Gasteiger partial charge in [-0.3, -0.25) is 9.59 Å². The molecule has 0 aliphatic carbocycles. The second-order valence-electron chi connectivity index (χ2n) is 5.66. The van der Waals surface area contributed by atoms with Crippen LogP contribution in [0.15, 0.2) is 46.9 Å². The number of thiazole rings is 1. The van der Waals surface area contributed by atoms with E-state index in [1.165, 1.54) is 11.3 Å². The lowest BCUT2D eigenvalue weighted by Gasteiger charge is -2.17. The summed E-state index contributed by atoms with van der Waals surface area (Å²) < 4.78 is 12.1. The van der Waals surface area contributed by atoms with Crippen LogP contribution < -0.4 is 0 Å². The monoisotopic (exact) mass is 447 g/mol. The lowest BCUT2D eigenvalue weighted by Crippen LogP contribution is -2.26. The number of rotatable bonds is 6. The number of carbonyl (C=O) groups excluding carboxylic acids is 2. The zero-order valence-corrected chi connectivity index (χ0v) is 17.3. The molecule has 0 saturated carbocycles. The minimum Gasteiger partial charge on any atom is -0.465 e. The zero-order valence-electron chi connectivity index (χ0n) is 14.9. The maximum Gasteiger partial charge on any atom is 0.324 e. The number of para-hydroxylation sites is 1. The molecule has 0 bridgehead atoms. The van der Waals surface area contributed by atoms with E-state index in [0.29, 0.717) is 11.1 Å². The molecule has 0 amide bonds. The second-order valence-corrected chi connectivity index (χ2v) is 7.60. The van der Waals surface area contributed by atoms with Crippen LogP contribution >= 0.6 is 27.3 Å². The number of nitrogens with zero attached hydrogens (tertiary/aromatic N) is 1. The minimum atomic E-state index is -1.15. The van der Waals surface area contributed by atoms with Crippen molar-refractivity contribution in [3.63, 3.8) is 0 Å². The van der Waals surface area contributed by atoms with Crippen molar-refractivity contribution in [2.45, 2.75) is 19.8 Å². The van der Waals surface area contributed by atoms with Gasteiger partial charge in [-0.1, -0.05) is 34.1 Å². The van der Waals surface area contributed by atoms with Crippen molar-refractivity contribution in [3.05, 3.63) is 52.5 Å². The van der Waals surface area contributed by atoms with E-state index < -0.39 is 17.9 Å². The van der Waals surface area contributed by atoms with Gasteiger partial charge in [0.2, 0.25) is 0 Å². The Labute approximate surface area is 169 Å². The molecule has 5 nitrogen and oxygen atoms in total. The van der Waals surface area contributed by atoms with Gasteiger partial charge in [0.25, 0.3) is 0 Å². The summed E-state index contributed by atoms with van der Waals surface area (Å²) in [5.41, 5.74) is 2.10. The van der Waals surface area contributed by atoms with Crippen molar-refractivity contribution in [2.24, 2.45) is 0 Å². The Hall–Kier alpha value is -2.25. The van der Waals surface area contributed by atoms with Crippen molar-refractivity contribution in [3.8, 4) is 10.6 Å². The van der Waals surface area contributed by atoms with Gasteiger partial charge in [0.15, 0.2) is 5.92 Å². The Bertz CT molecular complexity index is 934. The second kappa shape index (κ2) is 8.63. The largest absolute Gasteiger partial charge is 0.465 e. The number of esters is 2. The van der Waals surface area contributed by atoms with Gasteiger partial charge in [-0.15, -0.1) is 11.3 Å². The molecule has 0 atom stereocenters. The lowest BCUT2D eigenvalue weighted by molar-refractivity contribution is -0.156. The number of ether oxygens (including phenoxy) is 2. The third-order valence-corrected chi connectivity index (χ3v) is 5.46. The van der Waals surface area contributed by atoms with Crippen LogP contribution in [0.25, 0.3) is 20.8 Å². The van der Waals surface area contributed by atoms with Crippen molar-refractivity contribution >= 4 is 49.4 Å². The highest BCUT2D eigenvalue weighted by Crippen LogP contribution is 2.37. The summed E-state index contributed by atoms with van der Waals surface area (Å²) >= 11 is 4.97. The van der Waals surface area contributed by atoms with Crippen LogP contribution in [-0.4, -0.2) is 30.1 Å². The molecule has 1 aromatic heterocycles. The number of hydrogen-bond acceptors (Lipinski definition) is 6. The number of hydrogen-bond donors (Lipinski definition) is 0. The van der Waals surface area contributed by atoms with E-state index in [1.54, 1.807) is 26.0 Å². The van der Waals surface area contributed by atoms with E-state index >= 15 is 0 Å². The molecule has 3 aromatic rings. The molecule has 2 aromatic carbocycles. The summed E-state index contributed by atoms with van der Waals surface area (Å²) in [6.45, 7) is 3.77. The van der Waals surface area contributed by atoms with Crippen molar-refractivity contribution in [1.82, 2.24) is 4.98 Å². The molecule has 0 radical (unpaired) electrons. The molecule has 0 spiro atoms. The van der Waals surface area contributed by atoms with Crippen molar-refractivity contribution in [2.75, 3.05) is 13.2 Å². The first kappa shape index (κ1) is 19.5. The fourth-order valence-corrected chi connectivity index (χ4v) is 4.12. The molecule has 0 aliphatic rings. The van der Waals surface area contributed by atoms with Gasteiger partial charge in [0, 0.05) is 10.0 Å². The van der Waals surface area contributed by atoms with E-state index in [-0.39, 0.29) is 13.2 Å². The molecule has 0 saturated heterocycles. The molecular weight excluding hydrogens is 430 g/mol. The molecule has 0 aliphatic heterocycles. The maximum absolute atomic E-state index is 12.5. The summed E-state index contributed by atoms with van der Waals surface area (Å²) in [7, 11) is 0. The Kier molecular flexibility index (Phi) is 6.23. The van der Waals surface area contributed by atoms with Crippen LogP contribution in [0.3, 0.4) is 0 Å². The van der Waals surface area contributed by atoms with Crippen LogP contribution in [0.5, 0.6) is 0 Å². The lowest BCUT2D eigenvalue weighted by atomic mass is 9.94. The highest BCUT2D eigenvalue weighted by Gasteiger charge is 2.34. The van der Waals surface area contributed by atoms with Crippen LogP contribution in [-0.2, 0) is 19.1 Å². The molecule has 0 fully saturated rings. The van der Waals surface area contributed by atoms with Gasteiger partial charge in [0.1, 0.15) is 5.01 Å². The summed E-state index contributed by atoms with van der Waals surface area (Å²) in [5, 5.41) is 0.728. The molecule has 0 unspecified atom stereocenters. The van der Waals surface area contributed by atoms with E-state index in [9.17, 15) is 9.59 Å². The van der Waals surface area contributed by atoms with Crippen LogP contribution in [0, 0.1) is 0 Å². The van der Waals surface area contributed by atoms with E-state index in [2.05, 4.69) is 20.9 Å². The number of aromatic nitrogens is 1. The number of fused-ring (bicyclic) bond motifs is 1. The summed E-state index contributed by atoms with van der Waals surface area (Å²) in [4.78, 5) is 29.8.